The molecule has 0 spiro atoms. The minimum Gasteiger partial charge on any atom is -0.491 e. The molecule has 1 aromatic carbocycles. The van der Waals surface area contributed by atoms with Gasteiger partial charge in [0.2, 0.25) is 5.91 Å². The van der Waals surface area contributed by atoms with Gasteiger partial charge in [0, 0.05) is 42.6 Å². The van der Waals surface area contributed by atoms with Crippen molar-refractivity contribution >= 4 is 30.1 Å². The highest BCUT2D eigenvalue weighted by Crippen LogP contribution is 2.19. The van der Waals surface area contributed by atoms with Crippen molar-refractivity contribution in [2.75, 3.05) is 18.1 Å². The molecule has 1 atom stereocenters. The lowest BCUT2D eigenvalue weighted by Crippen LogP contribution is -2.41. The maximum atomic E-state index is 12.0. The Morgan fingerprint density at radius 2 is 2.23 bits per heavy atom. The van der Waals surface area contributed by atoms with Crippen molar-refractivity contribution in [2.24, 2.45) is 0 Å². The standard InChI is InChI=1S/C16H24N2O2S.ClH/c1-12(2)20-15-6-4-3-5-13(15)10-18-16(19)9-14-11-21-8-7-17-14;/h3-6,12,14,17H,7-11H2,1-2H3,(H,18,19);1H. The van der Waals surface area contributed by atoms with Gasteiger partial charge in [-0.15, -0.1) is 12.4 Å². The number of amides is 1. The van der Waals surface area contributed by atoms with Crippen LogP contribution in [-0.2, 0) is 11.3 Å². The molecule has 124 valence electrons. The van der Waals surface area contributed by atoms with Gasteiger partial charge in [-0.3, -0.25) is 4.79 Å². The third-order valence-corrected chi connectivity index (χ3v) is 4.37. The Morgan fingerprint density at radius 3 is 2.91 bits per heavy atom. The average molecular weight is 345 g/mol. The van der Waals surface area contributed by atoms with Crippen LogP contribution in [0, 0.1) is 0 Å². The summed E-state index contributed by atoms with van der Waals surface area (Å²) < 4.78 is 5.76. The van der Waals surface area contributed by atoms with Crippen molar-refractivity contribution in [3.05, 3.63) is 29.8 Å². The van der Waals surface area contributed by atoms with E-state index in [0.717, 1.165) is 29.4 Å². The van der Waals surface area contributed by atoms with E-state index >= 15 is 0 Å². The minimum atomic E-state index is 0. The molecule has 1 heterocycles. The first-order valence-electron chi connectivity index (χ1n) is 7.47. The van der Waals surface area contributed by atoms with Gasteiger partial charge in [0.15, 0.2) is 0 Å². The van der Waals surface area contributed by atoms with Crippen molar-refractivity contribution in [1.82, 2.24) is 10.6 Å². The molecule has 0 bridgehead atoms. The molecule has 1 unspecified atom stereocenters. The van der Waals surface area contributed by atoms with Crippen molar-refractivity contribution in [3.63, 3.8) is 0 Å². The largest absolute Gasteiger partial charge is 0.491 e. The van der Waals surface area contributed by atoms with Gasteiger partial charge in [-0.25, -0.2) is 0 Å². The maximum Gasteiger partial charge on any atom is 0.221 e. The van der Waals surface area contributed by atoms with Gasteiger partial charge in [-0.05, 0) is 19.9 Å². The average Bonchev–Trinajstić information content (AvgIpc) is 2.47. The van der Waals surface area contributed by atoms with E-state index in [1.165, 1.54) is 0 Å². The summed E-state index contributed by atoms with van der Waals surface area (Å²) in [4.78, 5) is 12.0. The Kier molecular flexibility index (Phi) is 8.68. The summed E-state index contributed by atoms with van der Waals surface area (Å²) in [6.45, 7) is 5.51. The second-order valence-corrected chi connectivity index (χ2v) is 6.63. The van der Waals surface area contributed by atoms with Gasteiger partial charge in [-0.2, -0.15) is 11.8 Å². The molecule has 0 aromatic heterocycles. The number of nitrogens with one attached hydrogen (secondary N) is 2. The fourth-order valence-electron chi connectivity index (χ4n) is 2.26. The highest BCUT2D eigenvalue weighted by molar-refractivity contribution is 7.99. The molecule has 2 N–H and O–H groups in total. The number of hydrogen-bond donors (Lipinski definition) is 2. The topological polar surface area (TPSA) is 50.4 Å². The van der Waals surface area contributed by atoms with Crippen LogP contribution >= 0.6 is 24.2 Å². The van der Waals surface area contributed by atoms with Crippen LogP contribution in [0.5, 0.6) is 5.75 Å². The first-order valence-corrected chi connectivity index (χ1v) is 8.63. The van der Waals surface area contributed by atoms with Gasteiger partial charge in [0.05, 0.1) is 6.10 Å². The lowest BCUT2D eigenvalue weighted by atomic mass is 10.2. The smallest absolute Gasteiger partial charge is 0.221 e. The summed E-state index contributed by atoms with van der Waals surface area (Å²) >= 11 is 1.91. The van der Waals surface area contributed by atoms with Crippen LogP contribution < -0.4 is 15.4 Å². The van der Waals surface area contributed by atoms with Gasteiger partial charge in [-0.1, -0.05) is 18.2 Å². The van der Waals surface area contributed by atoms with Crippen LogP contribution in [0.2, 0.25) is 0 Å². The molecule has 4 nitrogen and oxygen atoms in total. The maximum absolute atomic E-state index is 12.0. The first-order chi connectivity index (χ1) is 10.1. The number of para-hydroxylation sites is 1. The third-order valence-electron chi connectivity index (χ3n) is 3.24. The second-order valence-electron chi connectivity index (χ2n) is 5.48. The fourth-order valence-corrected chi connectivity index (χ4v) is 3.21. The molecule has 1 aromatic rings. The Morgan fingerprint density at radius 1 is 1.45 bits per heavy atom. The molecule has 1 aliphatic heterocycles. The van der Waals surface area contributed by atoms with Crippen LogP contribution in [0.1, 0.15) is 25.8 Å². The number of carbonyl (C=O) groups excluding carboxylic acids is 1. The molecular formula is C16H25ClN2O2S. The summed E-state index contributed by atoms with van der Waals surface area (Å²) in [5.41, 5.74) is 1.02. The molecule has 1 amide bonds. The molecule has 1 aliphatic rings. The number of hydrogen-bond acceptors (Lipinski definition) is 4. The fraction of sp³-hybridized carbons (Fsp3) is 0.562. The molecule has 6 heteroatoms. The predicted molar refractivity (Wildman–Crippen MR) is 95.0 cm³/mol. The normalized spacial score (nSPS) is 17.7. The van der Waals surface area contributed by atoms with Crippen LogP contribution in [0.15, 0.2) is 24.3 Å². The SMILES string of the molecule is CC(C)Oc1ccccc1CNC(=O)CC1CSCCN1.Cl. The number of halogens is 1. The highest BCUT2D eigenvalue weighted by Gasteiger charge is 2.16. The summed E-state index contributed by atoms with van der Waals surface area (Å²) in [6, 6.07) is 8.15. The van der Waals surface area contributed by atoms with E-state index in [2.05, 4.69) is 10.6 Å². The number of rotatable bonds is 6. The summed E-state index contributed by atoms with van der Waals surface area (Å²) in [5.74, 6) is 3.09. The summed E-state index contributed by atoms with van der Waals surface area (Å²) in [6.07, 6.45) is 0.672. The predicted octanol–water partition coefficient (Wildman–Crippen LogP) is 2.61. The molecule has 0 aliphatic carbocycles. The number of carbonyl (C=O) groups is 1. The molecule has 2 rings (SSSR count). The number of ether oxygens (including phenoxy) is 1. The Balaban J connectivity index is 0.00000242. The van der Waals surface area contributed by atoms with Gasteiger partial charge < -0.3 is 15.4 Å². The molecule has 1 saturated heterocycles. The van der Waals surface area contributed by atoms with Crippen molar-refractivity contribution in [2.45, 2.75) is 39.0 Å². The van der Waals surface area contributed by atoms with E-state index < -0.39 is 0 Å². The second kappa shape index (κ2) is 9.98. The lowest BCUT2D eigenvalue weighted by molar-refractivity contribution is -0.121. The Hall–Kier alpha value is -0.910. The summed E-state index contributed by atoms with van der Waals surface area (Å²) in [7, 11) is 0. The summed E-state index contributed by atoms with van der Waals surface area (Å²) in [5, 5.41) is 6.37. The van der Waals surface area contributed by atoms with Crippen molar-refractivity contribution in [1.29, 1.82) is 0 Å². The molecular weight excluding hydrogens is 320 g/mol. The van der Waals surface area contributed by atoms with E-state index in [1.807, 2.05) is 49.9 Å². The van der Waals surface area contributed by atoms with Crippen LogP contribution in [0.3, 0.4) is 0 Å². The number of benzene rings is 1. The zero-order valence-electron chi connectivity index (χ0n) is 13.1. The Bertz CT molecular complexity index is 465. The zero-order chi connectivity index (χ0) is 15.1. The molecule has 0 saturated carbocycles. The van der Waals surface area contributed by atoms with E-state index in [9.17, 15) is 4.79 Å². The van der Waals surface area contributed by atoms with Crippen molar-refractivity contribution < 1.29 is 9.53 Å². The van der Waals surface area contributed by atoms with Crippen LogP contribution in [0.25, 0.3) is 0 Å². The molecule has 1 fully saturated rings. The Labute approximate surface area is 143 Å². The van der Waals surface area contributed by atoms with Crippen molar-refractivity contribution in [3.8, 4) is 5.75 Å². The van der Waals surface area contributed by atoms with E-state index in [1.54, 1.807) is 0 Å². The zero-order valence-corrected chi connectivity index (χ0v) is 14.8. The minimum absolute atomic E-state index is 0. The highest BCUT2D eigenvalue weighted by atomic mass is 35.5. The molecule has 22 heavy (non-hydrogen) atoms. The van der Waals surface area contributed by atoms with Crippen LogP contribution in [-0.4, -0.2) is 36.1 Å². The lowest BCUT2D eigenvalue weighted by Gasteiger charge is -2.22. The third kappa shape index (κ3) is 6.46. The van der Waals surface area contributed by atoms with Gasteiger partial charge in [0.25, 0.3) is 0 Å². The van der Waals surface area contributed by atoms with Gasteiger partial charge in [0.1, 0.15) is 5.75 Å². The monoisotopic (exact) mass is 344 g/mol. The quantitative estimate of drug-likeness (QED) is 0.833. The van der Waals surface area contributed by atoms with Crippen LogP contribution in [0.4, 0.5) is 0 Å². The first kappa shape index (κ1) is 19.1. The molecule has 0 radical (unpaired) electrons. The van der Waals surface area contributed by atoms with E-state index in [-0.39, 0.29) is 24.4 Å². The van der Waals surface area contributed by atoms with Gasteiger partial charge >= 0.3 is 0 Å². The van der Waals surface area contributed by atoms with E-state index in [0.29, 0.717) is 19.0 Å². The van der Waals surface area contributed by atoms with E-state index in [4.69, 9.17) is 4.74 Å². The number of thioether (sulfide) groups is 1.